The summed E-state index contributed by atoms with van der Waals surface area (Å²) in [6.07, 6.45) is 3.44. The third kappa shape index (κ3) is 5.88. The summed E-state index contributed by atoms with van der Waals surface area (Å²) in [5.74, 6) is -0.470. The Kier molecular flexibility index (Phi) is 7.72. The number of nitrogens with zero attached hydrogens (tertiary/aromatic N) is 4. The van der Waals surface area contributed by atoms with Crippen LogP contribution in [0.25, 0.3) is 10.9 Å². The maximum absolute atomic E-state index is 13.2. The number of hydrazone groups is 1. The maximum atomic E-state index is 13.2. The summed E-state index contributed by atoms with van der Waals surface area (Å²) in [5.41, 5.74) is 5.74. The van der Waals surface area contributed by atoms with Crippen LogP contribution in [0.2, 0.25) is 5.02 Å². The molecule has 38 heavy (non-hydrogen) atoms. The number of hydrogen-bond donors (Lipinski definition) is 2. The van der Waals surface area contributed by atoms with Crippen LogP contribution in [0.4, 0.5) is 0 Å². The van der Waals surface area contributed by atoms with Gasteiger partial charge in [-0.05, 0) is 29.8 Å². The average molecular weight is 530 g/mol. The molecule has 2 amide bonds. The van der Waals surface area contributed by atoms with Crippen molar-refractivity contribution in [2.75, 3.05) is 26.2 Å². The molecule has 2 heterocycles. The molecule has 5 rings (SSSR count). The first-order valence-corrected chi connectivity index (χ1v) is 12.8. The van der Waals surface area contributed by atoms with Crippen molar-refractivity contribution in [3.05, 3.63) is 101 Å². The number of hydrogen-bond acceptors (Lipinski definition) is 5. The Morgan fingerprint density at radius 1 is 0.974 bits per heavy atom. The molecule has 194 valence electrons. The molecule has 0 aliphatic carbocycles. The Morgan fingerprint density at radius 3 is 2.47 bits per heavy atom. The van der Waals surface area contributed by atoms with E-state index in [1.807, 2.05) is 46.0 Å². The molecule has 0 unspecified atom stereocenters. The lowest BCUT2D eigenvalue weighted by atomic mass is 10.2. The van der Waals surface area contributed by atoms with Crippen LogP contribution in [-0.2, 0) is 17.9 Å². The fraction of sp³-hybridized carbons (Fsp3) is 0.207. The lowest BCUT2D eigenvalue weighted by Gasteiger charge is -2.35. The first-order valence-electron chi connectivity index (χ1n) is 12.4. The van der Waals surface area contributed by atoms with Crippen molar-refractivity contribution in [2.24, 2.45) is 5.10 Å². The summed E-state index contributed by atoms with van der Waals surface area (Å²) in [6.45, 7) is 4.21. The summed E-state index contributed by atoms with van der Waals surface area (Å²) in [6, 6.07) is 22.4. The van der Waals surface area contributed by atoms with Gasteiger partial charge < -0.3 is 14.6 Å². The number of carbonyl (C=O) groups is 2. The van der Waals surface area contributed by atoms with Crippen molar-refractivity contribution in [3.8, 4) is 5.75 Å². The van der Waals surface area contributed by atoms with E-state index in [1.165, 1.54) is 23.8 Å². The Balaban J connectivity index is 1.22. The number of fused-ring (bicyclic) bond motifs is 1. The van der Waals surface area contributed by atoms with E-state index in [9.17, 15) is 14.7 Å². The van der Waals surface area contributed by atoms with Gasteiger partial charge in [-0.15, -0.1) is 0 Å². The molecule has 0 bridgehead atoms. The molecule has 1 aliphatic heterocycles. The molecule has 0 spiro atoms. The number of nitrogens with one attached hydrogen (secondary N) is 1. The average Bonchev–Trinajstić information content (AvgIpc) is 3.28. The zero-order chi connectivity index (χ0) is 26.5. The van der Waals surface area contributed by atoms with E-state index in [0.29, 0.717) is 13.1 Å². The monoisotopic (exact) mass is 529 g/mol. The van der Waals surface area contributed by atoms with Crippen LogP contribution >= 0.6 is 11.6 Å². The van der Waals surface area contributed by atoms with Crippen molar-refractivity contribution in [1.82, 2.24) is 19.8 Å². The molecule has 9 heteroatoms. The van der Waals surface area contributed by atoms with E-state index in [-0.39, 0.29) is 28.8 Å². The SMILES string of the molecule is O=C(N/N=C/c1cn(CC(=O)N2CCN(Cc3ccccc3)CC2)c2ccccc12)c1ccc(O)c(Cl)c1. The molecular weight excluding hydrogens is 502 g/mol. The lowest BCUT2D eigenvalue weighted by Crippen LogP contribution is -2.49. The number of phenols is 1. The van der Waals surface area contributed by atoms with Gasteiger partial charge >= 0.3 is 0 Å². The van der Waals surface area contributed by atoms with Crippen LogP contribution in [0.3, 0.4) is 0 Å². The first-order chi connectivity index (χ1) is 18.5. The number of rotatable bonds is 7. The number of carbonyl (C=O) groups excluding carboxylic acids is 2. The van der Waals surface area contributed by atoms with E-state index in [4.69, 9.17) is 11.6 Å². The highest BCUT2D eigenvalue weighted by Crippen LogP contribution is 2.24. The number of aromatic nitrogens is 1. The second-order valence-electron chi connectivity index (χ2n) is 9.24. The highest BCUT2D eigenvalue weighted by atomic mass is 35.5. The molecule has 3 aromatic carbocycles. The third-order valence-electron chi connectivity index (χ3n) is 6.68. The van der Waals surface area contributed by atoms with Gasteiger partial charge in [0.1, 0.15) is 12.3 Å². The molecule has 1 saturated heterocycles. The summed E-state index contributed by atoms with van der Waals surface area (Å²) >= 11 is 5.89. The van der Waals surface area contributed by atoms with Crippen LogP contribution < -0.4 is 5.43 Å². The zero-order valence-electron chi connectivity index (χ0n) is 20.8. The first kappa shape index (κ1) is 25.5. The fourth-order valence-electron chi connectivity index (χ4n) is 4.62. The lowest BCUT2D eigenvalue weighted by molar-refractivity contribution is -0.133. The van der Waals surface area contributed by atoms with Gasteiger partial charge in [-0.3, -0.25) is 14.5 Å². The van der Waals surface area contributed by atoms with Crippen LogP contribution in [-0.4, -0.2) is 63.7 Å². The minimum absolute atomic E-state index is 0.0751. The fourth-order valence-corrected chi connectivity index (χ4v) is 4.81. The predicted octanol–water partition coefficient (Wildman–Crippen LogP) is 4.11. The molecule has 1 aromatic heterocycles. The highest BCUT2D eigenvalue weighted by molar-refractivity contribution is 6.32. The van der Waals surface area contributed by atoms with E-state index in [0.717, 1.165) is 36.1 Å². The number of benzene rings is 3. The summed E-state index contributed by atoms with van der Waals surface area (Å²) in [7, 11) is 0. The number of phenolic OH excluding ortho intramolecular Hbond substituents is 1. The number of para-hydroxylation sites is 1. The number of aromatic hydroxyl groups is 1. The summed E-state index contributed by atoms with van der Waals surface area (Å²) < 4.78 is 1.93. The summed E-state index contributed by atoms with van der Waals surface area (Å²) in [5, 5.41) is 14.7. The molecule has 8 nitrogen and oxygen atoms in total. The van der Waals surface area contributed by atoms with E-state index >= 15 is 0 Å². The Labute approximate surface area is 225 Å². The zero-order valence-corrected chi connectivity index (χ0v) is 21.5. The topological polar surface area (TPSA) is 90.2 Å². The number of piperazine rings is 1. The molecule has 0 saturated carbocycles. The predicted molar refractivity (Wildman–Crippen MR) is 148 cm³/mol. The molecule has 1 fully saturated rings. The van der Waals surface area contributed by atoms with Gasteiger partial charge in [-0.25, -0.2) is 5.43 Å². The van der Waals surface area contributed by atoms with Crippen LogP contribution in [0.5, 0.6) is 5.75 Å². The largest absolute Gasteiger partial charge is 0.506 e. The second kappa shape index (κ2) is 11.5. The van der Waals surface area contributed by atoms with Crippen molar-refractivity contribution in [2.45, 2.75) is 13.1 Å². The minimum Gasteiger partial charge on any atom is -0.506 e. The summed E-state index contributed by atoms with van der Waals surface area (Å²) in [4.78, 5) is 29.9. The minimum atomic E-state index is -0.450. The molecule has 4 aromatic rings. The van der Waals surface area contributed by atoms with Gasteiger partial charge in [0.05, 0.1) is 11.2 Å². The van der Waals surface area contributed by atoms with Gasteiger partial charge in [-0.1, -0.05) is 60.1 Å². The highest BCUT2D eigenvalue weighted by Gasteiger charge is 2.22. The van der Waals surface area contributed by atoms with E-state index in [1.54, 1.807) is 6.21 Å². The quantitative estimate of drug-likeness (QED) is 0.278. The molecular formula is C29H28ClN5O3. The number of amides is 2. The molecule has 2 N–H and O–H groups in total. The van der Waals surface area contributed by atoms with E-state index in [2.05, 4.69) is 39.7 Å². The van der Waals surface area contributed by atoms with Crippen molar-refractivity contribution >= 4 is 40.5 Å². The Hall–Kier alpha value is -4.14. The van der Waals surface area contributed by atoms with Gasteiger partial charge in [0, 0.05) is 61.0 Å². The van der Waals surface area contributed by atoms with Gasteiger partial charge in [0.15, 0.2) is 0 Å². The smallest absolute Gasteiger partial charge is 0.271 e. The van der Waals surface area contributed by atoms with Crippen LogP contribution in [0, 0.1) is 0 Å². The third-order valence-corrected chi connectivity index (χ3v) is 6.98. The Morgan fingerprint density at radius 2 is 1.71 bits per heavy atom. The number of halogens is 1. The van der Waals surface area contributed by atoms with Crippen molar-refractivity contribution in [1.29, 1.82) is 0 Å². The van der Waals surface area contributed by atoms with Crippen molar-refractivity contribution < 1.29 is 14.7 Å². The van der Waals surface area contributed by atoms with Gasteiger partial charge in [0.2, 0.25) is 5.91 Å². The van der Waals surface area contributed by atoms with Gasteiger partial charge in [-0.2, -0.15) is 5.10 Å². The standard InChI is InChI=1S/C29H28ClN5O3/c30-25-16-22(10-11-27(25)36)29(38)32-31-17-23-19-35(26-9-5-4-8-24(23)26)20-28(37)34-14-12-33(13-15-34)18-21-6-2-1-3-7-21/h1-11,16-17,19,36H,12-15,18,20H2,(H,32,38)/b31-17+. The second-order valence-corrected chi connectivity index (χ2v) is 9.64. The molecule has 1 aliphatic rings. The van der Waals surface area contributed by atoms with Crippen LogP contribution in [0.15, 0.2) is 84.1 Å². The van der Waals surface area contributed by atoms with Gasteiger partial charge in [0.25, 0.3) is 5.91 Å². The van der Waals surface area contributed by atoms with E-state index < -0.39 is 5.91 Å². The maximum Gasteiger partial charge on any atom is 0.271 e. The van der Waals surface area contributed by atoms with Crippen molar-refractivity contribution in [3.63, 3.8) is 0 Å². The molecule has 0 radical (unpaired) electrons. The normalized spacial score (nSPS) is 14.3. The Bertz CT molecular complexity index is 1480. The molecule has 0 atom stereocenters. The van der Waals surface area contributed by atoms with Crippen LogP contribution in [0.1, 0.15) is 21.5 Å².